The summed E-state index contributed by atoms with van der Waals surface area (Å²) in [5.74, 6) is 0.822. The van der Waals surface area contributed by atoms with Gasteiger partial charge in [-0.05, 0) is 49.2 Å². The molecule has 1 heterocycles. The number of urea groups is 1. The van der Waals surface area contributed by atoms with E-state index in [1.807, 2.05) is 73.9 Å². The van der Waals surface area contributed by atoms with E-state index in [-0.39, 0.29) is 11.7 Å². The number of para-hydroxylation sites is 2. The van der Waals surface area contributed by atoms with Gasteiger partial charge in [-0.3, -0.25) is 14.7 Å². The van der Waals surface area contributed by atoms with Crippen molar-refractivity contribution in [1.82, 2.24) is 20.2 Å². The highest BCUT2D eigenvalue weighted by molar-refractivity contribution is 7.99. The predicted octanol–water partition coefficient (Wildman–Crippen LogP) is 4.00. The van der Waals surface area contributed by atoms with Crippen molar-refractivity contribution in [1.29, 1.82) is 0 Å². The zero-order valence-electron chi connectivity index (χ0n) is 17.3. The van der Waals surface area contributed by atoms with Crippen molar-refractivity contribution < 1.29 is 14.3 Å². The molecule has 2 aromatic carbocycles. The number of imide groups is 1. The molecule has 8 heteroatoms. The summed E-state index contributed by atoms with van der Waals surface area (Å²) in [6, 6.07) is 15.1. The molecule has 1 aromatic heterocycles. The molecule has 0 saturated carbocycles. The number of fused-ring (bicyclic) bond motifs is 1. The largest absolute Gasteiger partial charge is 0.494 e. The Labute approximate surface area is 180 Å². The smallest absolute Gasteiger partial charge is 0.321 e. The number of rotatable bonds is 8. The molecule has 158 valence electrons. The molecule has 0 aliphatic heterocycles. The van der Waals surface area contributed by atoms with Gasteiger partial charge in [0.25, 0.3) is 0 Å². The van der Waals surface area contributed by atoms with E-state index in [9.17, 15) is 9.59 Å². The van der Waals surface area contributed by atoms with Crippen molar-refractivity contribution in [3.8, 4) is 11.4 Å². The van der Waals surface area contributed by atoms with E-state index in [4.69, 9.17) is 4.74 Å². The predicted molar refractivity (Wildman–Crippen MR) is 119 cm³/mol. The normalized spacial score (nSPS) is 10.9. The first-order valence-electron chi connectivity index (χ1n) is 9.89. The molecular formula is C22H26N4O3S. The molecule has 0 unspecified atom stereocenters. The van der Waals surface area contributed by atoms with E-state index >= 15 is 0 Å². The van der Waals surface area contributed by atoms with Crippen LogP contribution in [0, 0.1) is 5.92 Å². The van der Waals surface area contributed by atoms with E-state index in [0.29, 0.717) is 24.2 Å². The third-order valence-corrected chi connectivity index (χ3v) is 5.13. The monoisotopic (exact) mass is 426 g/mol. The van der Waals surface area contributed by atoms with Crippen LogP contribution in [0.4, 0.5) is 4.79 Å². The first-order valence-corrected chi connectivity index (χ1v) is 10.9. The summed E-state index contributed by atoms with van der Waals surface area (Å²) in [6.07, 6.45) is 0. The van der Waals surface area contributed by atoms with Gasteiger partial charge in [0, 0.05) is 12.2 Å². The lowest BCUT2D eigenvalue weighted by Gasteiger charge is -2.11. The highest BCUT2D eigenvalue weighted by atomic mass is 32.2. The van der Waals surface area contributed by atoms with Gasteiger partial charge in [0.1, 0.15) is 5.75 Å². The summed E-state index contributed by atoms with van der Waals surface area (Å²) in [5.41, 5.74) is 2.70. The third-order valence-electron chi connectivity index (χ3n) is 4.19. The van der Waals surface area contributed by atoms with E-state index < -0.39 is 6.03 Å². The van der Waals surface area contributed by atoms with Crippen molar-refractivity contribution >= 4 is 34.7 Å². The van der Waals surface area contributed by atoms with Crippen LogP contribution >= 0.6 is 11.8 Å². The maximum Gasteiger partial charge on any atom is 0.321 e. The minimum Gasteiger partial charge on any atom is -0.494 e. The van der Waals surface area contributed by atoms with Crippen LogP contribution < -0.4 is 15.4 Å². The van der Waals surface area contributed by atoms with Crippen LogP contribution in [-0.2, 0) is 4.79 Å². The molecule has 0 aliphatic carbocycles. The van der Waals surface area contributed by atoms with Gasteiger partial charge in [-0.2, -0.15) is 0 Å². The zero-order chi connectivity index (χ0) is 21.5. The van der Waals surface area contributed by atoms with Gasteiger partial charge in [-0.25, -0.2) is 9.78 Å². The second-order valence-corrected chi connectivity index (χ2v) is 8.03. The number of aromatic nitrogens is 2. The van der Waals surface area contributed by atoms with Gasteiger partial charge in [0.2, 0.25) is 5.91 Å². The lowest BCUT2D eigenvalue weighted by atomic mass is 10.2. The number of nitrogens with one attached hydrogen (secondary N) is 2. The molecule has 0 spiro atoms. The second-order valence-electron chi connectivity index (χ2n) is 7.09. The minimum absolute atomic E-state index is 0.0788. The molecule has 3 rings (SSSR count). The fourth-order valence-corrected chi connectivity index (χ4v) is 3.67. The minimum atomic E-state index is -0.477. The Morgan fingerprint density at radius 1 is 1.13 bits per heavy atom. The Kier molecular flexibility index (Phi) is 7.35. The molecule has 3 amide bonds. The quantitative estimate of drug-likeness (QED) is 0.532. The third kappa shape index (κ3) is 5.54. The molecule has 0 radical (unpaired) electrons. The van der Waals surface area contributed by atoms with E-state index in [0.717, 1.165) is 22.5 Å². The first kappa shape index (κ1) is 21.7. The number of hydrogen-bond donors (Lipinski definition) is 2. The zero-order valence-corrected chi connectivity index (χ0v) is 18.2. The molecular weight excluding hydrogens is 400 g/mol. The molecule has 0 atom stereocenters. The van der Waals surface area contributed by atoms with Gasteiger partial charge in [-0.1, -0.05) is 37.7 Å². The summed E-state index contributed by atoms with van der Waals surface area (Å²) >= 11 is 1.29. The molecule has 0 aliphatic rings. The van der Waals surface area contributed by atoms with Crippen LogP contribution in [-0.4, -0.2) is 40.4 Å². The summed E-state index contributed by atoms with van der Waals surface area (Å²) in [6.45, 7) is 7.04. The van der Waals surface area contributed by atoms with E-state index in [2.05, 4.69) is 15.6 Å². The van der Waals surface area contributed by atoms with Gasteiger partial charge in [0.05, 0.1) is 23.4 Å². The average Bonchev–Trinajstić information content (AvgIpc) is 3.10. The molecule has 0 fully saturated rings. The summed E-state index contributed by atoms with van der Waals surface area (Å²) in [7, 11) is 0. The van der Waals surface area contributed by atoms with Crippen LogP contribution in [0.2, 0.25) is 0 Å². The number of ether oxygens (including phenoxy) is 1. The highest BCUT2D eigenvalue weighted by Crippen LogP contribution is 2.28. The lowest BCUT2D eigenvalue weighted by Crippen LogP contribution is -2.41. The Morgan fingerprint density at radius 2 is 1.87 bits per heavy atom. The standard InChI is InChI=1S/C22H26N4O3S/c1-4-29-17-11-9-16(10-12-17)26-19-8-6-5-7-18(19)24-22(26)30-14-20(27)25-21(28)23-13-15(2)3/h5-12,15H,4,13-14H2,1-3H3,(H2,23,25,27,28). The molecule has 2 N–H and O–H groups in total. The van der Waals surface area contributed by atoms with Crippen molar-refractivity contribution in [2.45, 2.75) is 25.9 Å². The second kappa shape index (κ2) is 10.2. The van der Waals surface area contributed by atoms with Crippen LogP contribution in [0.5, 0.6) is 5.75 Å². The van der Waals surface area contributed by atoms with Crippen molar-refractivity contribution in [3.05, 3.63) is 48.5 Å². The van der Waals surface area contributed by atoms with Crippen LogP contribution in [0.3, 0.4) is 0 Å². The fraction of sp³-hybridized carbons (Fsp3) is 0.318. The maximum absolute atomic E-state index is 12.2. The SMILES string of the molecule is CCOc1ccc(-n2c(SCC(=O)NC(=O)NCC(C)C)nc3ccccc32)cc1. The van der Waals surface area contributed by atoms with Crippen LogP contribution in [0.1, 0.15) is 20.8 Å². The Morgan fingerprint density at radius 3 is 2.57 bits per heavy atom. The van der Waals surface area contributed by atoms with Crippen molar-refractivity contribution in [3.63, 3.8) is 0 Å². The van der Waals surface area contributed by atoms with E-state index in [1.165, 1.54) is 11.8 Å². The number of carbonyl (C=O) groups excluding carboxylic acids is 2. The average molecular weight is 427 g/mol. The topological polar surface area (TPSA) is 85.2 Å². The number of hydrogen-bond acceptors (Lipinski definition) is 5. The number of carbonyl (C=O) groups is 2. The van der Waals surface area contributed by atoms with Crippen LogP contribution in [0.15, 0.2) is 53.7 Å². The molecule has 3 aromatic rings. The summed E-state index contributed by atoms with van der Waals surface area (Å²) in [5, 5.41) is 5.71. The van der Waals surface area contributed by atoms with Crippen molar-refractivity contribution in [2.24, 2.45) is 5.92 Å². The number of benzene rings is 2. The van der Waals surface area contributed by atoms with Gasteiger partial charge in [0.15, 0.2) is 5.16 Å². The van der Waals surface area contributed by atoms with E-state index in [1.54, 1.807) is 0 Å². The summed E-state index contributed by atoms with van der Waals surface area (Å²) in [4.78, 5) is 28.7. The Bertz CT molecular complexity index is 1010. The number of nitrogens with zero attached hydrogens (tertiary/aromatic N) is 2. The van der Waals surface area contributed by atoms with Gasteiger partial charge in [-0.15, -0.1) is 0 Å². The first-order chi connectivity index (χ1) is 14.5. The molecule has 7 nitrogen and oxygen atoms in total. The number of imidazole rings is 1. The molecule has 0 saturated heterocycles. The maximum atomic E-state index is 12.2. The Hall–Kier alpha value is -3.00. The lowest BCUT2D eigenvalue weighted by molar-refractivity contribution is -0.117. The Balaban J connectivity index is 1.76. The number of thioether (sulfide) groups is 1. The van der Waals surface area contributed by atoms with Gasteiger partial charge < -0.3 is 10.1 Å². The highest BCUT2D eigenvalue weighted by Gasteiger charge is 2.15. The van der Waals surface area contributed by atoms with Gasteiger partial charge >= 0.3 is 6.03 Å². The van der Waals surface area contributed by atoms with Crippen molar-refractivity contribution in [2.75, 3.05) is 18.9 Å². The van der Waals surface area contributed by atoms with Crippen LogP contribution in [0.25, 0.3) is 16.7 Å². The molecule has 0 bridgehead atoms. The number of amides is 3. The molecule has 30 heavy (non-hydrogen) atoms. The summed E-state index contributed by atoms with van der Waals surface area (Å²) < 4.78 is 7.53. The fourth-order valence-electron chi connectivity index (χ4n) is 2.84.